The van der Waals surface area contributed by atoms with Gasteiger partial charge in [-0.15, -0.1) is 0 Å². The maximum absolute atomic E-state index is 11.8. The summed E-state index contributed by atoms with van der Waals surface area (Å²) in [5.41, 5.74) is 5.33. The highest BCUT2D eigenvalue weighted by atomic mass is 79.9. The molecule has 1 aromatic rings. The van der Waals surface area contributed by atoms with E-state index in [1.165, 1.54) is 6.20 Å². The van der Waals surface area contributed by atoms with Crippen LogP contribution in [0, 0.1) is 10.1 Å². The highest BCUT2D eigenvalue weighted by Gasteiger charge is 2.19. The summed E-state index contributed by atoms with van der Waals surface area (Å²) in [6.45, 7) is 3.78. The van der Waals surface area contributed by atoms with Crippen LogP contribution in [0.1, 0.15) is 24.2 Å². The van der Waals surface area contributed by atoms with Crippen molar-refractivity contribution in [1.82, 2.24) is 10.3 Å². The number of nitrogens with one attached hydrogen (secondary N) is 1. The molecule has 98 valence electrons. The molecule has 7 nitrogen and oxygen atoms in total. The minimum atomic E-state index is -0.657. The summed E-state index contributed by atoms with van der Waals surface area (Å²) in [5, 5.41) is 13.2. The van der Waals surface area contributed by atoms with Crippen LogP contribution >= 0.6 is 15.9 Å². The van der Waals surface area contributed by atoms with E-state index in [4.69, 9.17) is 5.73 Å². The number of hydrogen-bond donors (Lipinski definition) is 2. The third-order valence-corrected chi connectivity index (χ3v) is 2.61. The number of nitrogens with zero attached hydrogens (tertiary/aromatic N) is 2. The molecule has 0 unspecified atom stereocenters. The quantitative estimate of drug-likeness (QED) is 0.640. The molecule has 0 atom stereocenters. The largest absolute Gasteiger partial charge is 0.364 e. The Labute approximate surface area is 112 Å². The maximum atomic E-state index is 11.8. The normalized spacial score (nSPS) is 11.1. The van der Waals surface area contributed by atoms with Gasteiger partial charge in [-0.3, -0.25) is 4.79 Å². The zero-order valence-electron chi connectivity index (χ0n) is 9.94. The van der Waals surface area contributed by atoms with Gasteiger partial charge in [-0.25, -0.2) is 0 Å². The standard InChI is InChI=1S/C10H13BrN4O3/c1-10(2,12)5-14-9(16)6-3-8(15(17)18)13-4-7(6)11/h3-4H,5,12H2,1-2H3,(H,14,16). The number of halogens is 1. The van der Waals surface area contributed by atoms with Crippen LogP contribution in [0.5, 0.6) is 0 Å². The van der Waals surface area contributed by atoms with Crippen molar-refractivity contribution in [2.24, 2.45) is 5.73 Å². The van der Waals surface area contributed by atoms with Crippen molar-refractivity contribution in [2.45, 2.75) is 19.4 Å². The molecule has 0 aliphatic carbocycles. The van der Waals surface area contributed by atoms with E-state index >= 15 is 0 Å². The summed E-state index contributed by atoms with van der Waals surface area (Å²) in [5.74, 6) is -0.818. The van der Waals surface area contributed by atoms with Gasteiger partial charge in [0, 0.05) is 18.2 Å². The van der Waals surface area contributed by atoms with Gasteiger partial charge in [0.15, 0.2) is 6.20 Å². The second-order valence-electron chi connectivity index (χ2n) is 4.45. The van der Waals surface area contributed by atoms with E-state index in [0.29, 0.717) is 4.47 Å². The molecule has 0 aliphatic rings. The minimum Gasteiger partial charge on any atom is -0.358 e. The Kier molecular flexibility index (Phi) is 4.36. The van der Waals surface area contributed by atoms with E-state index in [9.17, 15) is 14.9 Å². The van der Waals surface area contributed by atoms with Gasteiger partial charge in [-0.2, -0.15) is 0 Å². The molecule has 0 radical (unpaired) electrons. The lowest BCUT2D eigenvalue weighted by Gasteiger charge is -2.18. The lowest BCUT2D eigenvalue weighted by atomic mass is 10.1. The smallest absolute Gasteiger partial charge is 0.358 e. The molecule has 0 aromatic carbocycles. The average Bonchev–Trinajstić information content (AvgIpc) is 2.25. The Balaban J connectivity index is 2.91. The number of hydrogen-bond acceptors (Lipinski definition) is 5. The van der Waals surface area contributed by atoms with Gasteiger partial charge in [-0.1, -0.05) is 0 Å². The molecule has 1 heterocycles. The summed E-state index contributed by atoms with van der Waals surface area (Å²) >= 11 is 3.12. The Bertz CT molecular complexity index is 485. The Hall–Kier alpha value is -1.54. The van der Waals surface area contributed by atoms with Gasteiger partial charge >= 0.3 is 5.82 Å². The predicted octanol–water partition coefficient (Wildman–Crippen LogP) is 1.22. The molecule has 0 bridgehead atoms. The molecule has 1 aromatic heterocycles. The number of nitro groups is 1. The second kappa shape index (κ2) is 5.40. The SMILES string of the molecule is CC(C)(N)CNC(=O)c1cc([N+](=O)[O-])ncc1Br. The number of pyridine rings is 1. The van der Waals surface area contributed by atoms with Gasteiger partial charge in [0.05, 0.1) is 10.0 Å². The summed E-state index contributed by atoms with van der Waals surface area (Å²) in [4.78, 5) is 25.3. The van der Waals surface area contributed by atoms with Crippen LogP contribution in [0.2, 0.25) is 0 Å². The predicted molar refractivity (Wildman–Crippen MR) is 69.2 cm³/mol. The van der Waals surface area contributed by atoms with E-state index in [1.54, 1.807) is 13.8 Å². The first kappa shape index (κ1) is 14.5. The van der Waals surface area contributed by atoms with Crippen LogP contribution in [0.15, 0.2) is 16.7 Å². The Morgan fingerprint density at radius 2 is 2.28 bits per heavy atom. The molecule has 1 amide bonds. The number of carbonyl (C=O) groups excluding carboxylic acids is 1. The van der Waals surface area contributed by atoms with Crippen LogP contribution in [0.3, 0.4) is 0 Å². The molecular weight excluding hydrogens is 304 g/mol. The van der Waals surface area contributed by atoms with Crippen LogP contribution < -0.4 is 11.1 Å². The zero-order valence-corrected chi connectivity index (χ0v) is 11.5. The monoisotopic (exact) mass is 316 g/mol. The zero-order chi connectivity index (χ0) is 13.9. The van der Waals surface area contributed by atoms with Gasteiger partial charge in [0.1, 0.15) is 0 Å². The van der Waals surface area contributed by atoms with Gasteiger partial charge in [-0.05, 0) is 39.7 Å². The molecule has 18 heavy (non-hydrogen) atoms. The molecule has 0 aliphatic heterocycles. The number of carbonyl (C=O) groups is 1. The molecule has 3 N–H and O–H groups in total. The van der Waals surface area contributed by atoms with Crippen molar-refractivity contribution in [3.8, 4) is 0 Å². The lowest BCUT2D eigenvalue weighted by Crippen LogP contribution is -2.45. The van der Waals surface area contributed by atoms with Gasteiger partial charge < -0.3 is 21.2 Å². The maximum Gasteiger partial charge on any atom is 0.364 e. The first-order chi connectivity index (χ1) is 8.20. The van der Waals surface area contributed by atoms with E-state index < -0.39 is 16.4 Å². The third-order valence-electron chi connectivity index (χ3n) is 1.98. The number of rotatable bonds is 4. The third kappa shape index (κ3) is 4.04. The molecule has 0 saturated carbocycles. The van der Waals surface area contributed by atoms with Gasteiger partial charge in [0.2, 0.25) is 0 Å². The summed E-state index contributed by atoms with van der Waals surface area (Å²) in [7, 11) is 0. The number of amides is 1. The topological polar surface area (TPSA) is 111 Å². The lowest BCUT2D eigenvalue weighted by molar-refractivity contribution is -0.389. The van der Waals surface area contributed by atoms with Crippen molar-refractivity contribution in [2.75, 3.05) is 6.54 Å². The van der Waals surface area contributed by atoms with E-state index in [-0.39, 0.29) is 17.9 Å². The summed E-state index contributed by atoms with van der Waals surface area (Å²) < 4.78 is 0.389. The van der Waals surface area contributed by atoms with Crippen LogP contribution in [0.4, 0.5) is 5.82 Å². The van der Waals surface area contributed by atoms with Crippen molar-refractivity contribution in [3.05, 3.63) is 32.4 Å². The summed E-state index contributed by atoms with van der Waals surface area (Å²) in [6.07, 6.45) is 1.22. The molecule has 0 spiro atoms. The molecular formula is C10H13BrN4O3. The van der Waals surface area contributed by atoms with E-state index in [2.05, 4.69) is 26.2 Å². The highest BCUT2D eigenvalue weighted by molar-refractivity contribution is 9.10. The molecule has 8 heteroatoms. The van der Waals surface area contributed by atoms with Crippen molar-refractivity contribution >= 4 is 27.7 Å². The van der Waals surface area contributed by atoms with Crippen molar-refractivity contribution < 1.29 is 9.72 Å². The molecule has 0 saturated heterocycles. The Morgan fingerprint density at radius 1 is 1.67 bits per heavy atom. The van der Waals surface area contributed by atoms with Crippen molar-refractivity contribution in [1.29, 1.82) is 0 Å². The average molecular weight is 317 g/mol. The summed E-state index contributed by atoms with van der Waals surface area (Å²) in [6, 6.07) is 1.11. The minimum absolute atomic E-state index is 0.154. The highest BCUT2D eigenvalue weighted by Crippen LogP contribution is 2.19. The Morgan fingerprint density at radius 3 is 2.78 bits per heavy atom. The molecule has 0 fully saturated rings. The first-order valence-corrected chi connectivity index (χ1v) is 5.87. The molecule has 1 rings (SSSR count). The first-order valence-electron chi connectivity index (χ1n) is 5.08. The van der Waals surface area contributed by atoms with E-state index in [0.717, 1.165) is 6.07 Å². The number of nitrogens with two attached hydrogens (primary N) is 1. The van der Waals surface area contributed by atoms with Crippen LogP contribution in [-0.4, -0.2) is 27.9 Å². The second-order valence-corrected chi connectivity index (χ2v) is 5.31. The van der Waals surface area contributed by atoms with E-state index in [1.807, 2.05) is 0 Å². The van der Waals surface area contributed by atoms with Crippen molar-refractivity contribution in [3.63, 3.8) is 0 Å². The number of aromatic nitrogens is 1. The fourth-order valence-electron chi connectivity index (χ4n) is 1.10. The van der Waals surface area contributed by atoms with Crippen LogP contribution in [0.25, 0.3) is 0 Å². The fourth-order valence-corrected chi connectivity index (χ4v) is 1.50. The van der Waals surface area contributed by atoms with Crippen LogP contribution in [-0.2, 0) is 0 Å². The van der Waals surface area contributed by atoms with Gasteiger partial charge in [0.25, 0.3) is 5.91 Å². The fraction of sp³-hybridized carbons (Fsp3) is 0.400.